The normalized spacial score (nSPS) is 15.7. The molecule has 0 saturated carbocycles. The maximum atomic E-state index is 12.7. The Morgan fingerprint density at radius 1 is 1.21 bits per heavy atom. The van der Waals surface area contributed by atoms with Crippen molar-refractivity contribution in [2.24, 2.45) is 0 Å². The molecule has 7 nitrogen and oxygen atoms in total. The van der Waals surface area contributed by atoms with Crippen molar-refractivity contribution in [1.82, 2.24) is 4.90 Å². The van der Waals surface area contributed by atoms with Crippen molar-refractivity contribution in [3.05, 3.63) is 60.9 Å². The van der Waals surface area contributed by atoms with E-state index < -0.39 is 23.2 Å². The van der Waals surface area contributed by atoms with Crippen LogP contribution in [0.3, 0.4) is 0 Å². The predicted octanol–water partition coefficient (Wildman–Crippen LogP) is 5.94. The Balaban J connectivity index is 1.84. The number of rotatable bonds is 7. The van der Waals surface area contributed by atoms with Gasteiger partial charge >= 0.3 is 5.97 Å². The average Bonchev–Trinajstić information content (AvgIpc) is 3.05. The predicted molar refractivity (Wildman–Crippen MR) is 131 cm³/mol. The fourth-order valence-electron chi connectivity index (χ4n) is 2.99. The van der Waals surface area contributed by atoms with Crippen molar-refractivity contribution >= 4 is 74.1 Å². The van der Waals surface area contributed by atoms with E-state index in [4.69, 9.17) is 32.7 Å². The quantitative estimate of drug-likeness (QED) is 0.299. The summed E-state index contributed by atoms with van der Waals surface area (Å²) in [6.07, 6.45) is 1.54. The van der Waals surface area contributed by atoms with Crippen LogP contribution in [0.5, 0.6) is 11.5 Å². The molecule has 1 aliphatic heterocycles. The van der Waals surface area contributed by atoms with E-state index in [0.29, 0.717) is 31.6 Å². The SMILES string of the molecule is COC(=O)[C@@H](C)N1C(=O)S/C(=C/c2cc(Br)c(OCc3ccc(Cl)cc3Cl)c(OC)c2)C1=O. The zero-order valence-electron chi connectivity index (χ0n) is 17.7. The summed E-state index contributed by atoms with van der Waals surface area (Å²) in [5.74, 6) is -0.406. The first-order valence-electron chi connectivity index (χ1n) is 9.45. The van der Waals surface area contributed by atoms with E-state index >= 15 is 0 Å². The number of thioether (sulfide) groups is 1. The molecule has 0 unspecified atom stereocenters. The number of hydrogen-bond acceptors (Lipinski definition) is 7. The Hall–Kier alpha value is -2.20. The number of carbonyl (C=O) groups excluding carboxylic acids is 3. The number of imide groups is 1. The maximum Gasteiger partial charge on any atom is 0.328 e. The highest BCUT2D eigenvalue weighted by molar-refractivity contribution is 9.10. The second-order valence-electron chi connectivity index (χ2n) is 6.81. The van der Waals surface area contributed by atoms with Crippen molar-refractivity contribution in [3.63, 3.8) is 0 Å². The smallest absolute Gasteiger partial charge is 0.328 e. The highest BCUT2D eigenvalue weighted by atomic mass is 79.9. The number of esters is 1. The molecule has 1 fully saturated rings. The molecule has 0 aliphatic carbocycles. The molecule has 3 rings (SSSR count). The van der Waals surface area contributed by atoms with Crippen LogP contribution in [0.2, 0.25) is 10.0 Å². The second-order valence-corrected chi connectivity index (χ2v) is 9.50. The summed E-state index contributed by atoms with van der Waals surface area (Å²) in [6, 6.07) is 7.48. The fraction of sp³-hybridized carbons (Fsp3) is 0.227. The summed E-state index contributed by atoms with van der Waals surface area (Å²) < 4.78 is 16.6. The third-order valence-electron chi connectivity index (χ3n) is 4.69. The number of nitrogens with zero attached hydrogens (tertiary/aromatic N) is 1. The molecule has 1 heterocycles. The van der Waals surface area contributed by atoms with Gasteiger partial charge in [0.25, 0.3) is 11.1 Å². The number of amides is 2. The number of hydrogen-bond donors (Lipinski definition) is 0. The van der Waals surface area contributed by atoms with Crippen LogP contribution in [0.25, 0.3) is 6.08 Å². The maximum absolute atomic E-state index is 12.7. The van der Waals surface area contributed by atoms with Crippen molar-refractivity contribution in [1.29, 1.82) is 0 Å². The van der Waals surface area contributed by atoms with Crippen LogP contribution in [0, 0.1) is 0 Å². The molecule has 2 aromatic rings. The van der Waals surface area contributed by atoms with Crippen LogP contribution < -0.4 is 9.47 Å². The molecule has 0 N–H and O–H groups in total. The lowest BCUT2D eigenvalue weighted by Gasteiger charge is -2.18. The standard InChI is InChI=1S/C22H18BrCl2NO6S/c1-11(21(28)31-3)26-20(27)18(33-22(26)29)8-12-6-15(23)19(17(7-12)30-2)32-10-13-4-5-14(24)9-16(13)25/h4-9,11H,10H2,1-3H3/b18-8+/t11-/m1/s1. The van der Waals surface area contributed by atoms with Crippen LogP contribution in [-0.4, -0.2) is 42.3 Å². The van der Waals surface area contributed by atoms with Gasteiger partial charge in [0.2, 0.25) is 0 Å². The number of ether oxygens (including phenoxy) is 3. The van der Waals surface area contributed by atoms with Crippen molar-refractivity contribution < 1.29 is 28.6 Å². The molecule has 1 atom stereocenters. The number of halogens is 3. The fourth-order valence-corrected chi connectivity index (χ4v) is 4.94. The van der Waals surface area contributed by atoms with Gasteiger partial charge in [-0.1, -0.05) is 29.3 Å². The highest BCUT2D eigenvalue weighted by Crippen LogP contribution is 2.40. The molecular weight excluding hydrogens is 557 g/mol. The van der Waals surface area contributed by atoms with Gasteiger partial charge in [-0.05, 0) is 70.5 Å². The topological polar surface area (TPSA) is 82.1 Å². The Kier molecular flexibility index (Phi) is 8.33. The number of carbonyl (C=O) groups is 3. The zero-order chi connectivity index (χ0) is 24.3. The molecular formula is C22H18BrCl2NO6S. The van der Waals surface area contributed by atoms with Gasteiger partial charge in [-0.25, -0.2) is 4.79 Å². The number of methoxy groups -OCH3 is 2. The van der Waals surface area contributed by atoms with Gasteiger partial charge in [0.05, 0.1) is 23.6 Å². The van der Waals surface area contributed by atoms with Gasteiger partial charge in [-0.3, -0.25) is 14.5 Å². The molecule has 1 saturated heterocycles. The van der Waals surface area contributed by atoms with E-state index in [2.05, 4.69) is 20.7 Å². The Bertz CT molecular complexity index is 1160. The molecule has 0 radical (unpaired) electrons. The van der Waals surface area contributed by atoms with Gasteiger partial charge in [0.15, 0.2) is 11.5 Å². The molecule has 174 valence electrons. The van der Waals surface area contributed by atoms with Crippen LogP contribution in [0.1, 0.15) is 18.1 Å². The van der Waals surface area contributed by atoms with Gasteiger partial charge < -0.3 is 14.2 Å². The van der Waals surface area contributed by atoms with Gasteiger partial charge in [0.1, 0.15) is 12.6 Å². The lowest BCUT2D eigenvalue weighted by atomic mass is 10.1. The minimum atomic E-state index is -1.02. The van der Waals surface area contributed by atoms with Crippen LogP contribution >= 0.6 is 50.9 Å². The van der Waals surface area contributed by atoms with E-state index in [1.54, 1.807) is 36.4 Å². The summed E-state index contributed by atoms with van der Waals surface area (Å²) in [6.45, 7) is 1.61. The summed E-state index contributed by atoms with van der Waals surface area (Å²) >= 11 is 16.3. The van der Waals surface area contributed by atoms with E-state index in [-0.39, 0.29) is 11.5 Å². The molecule has 0 spiro atoms. The van der Waals surface area contributed by atoms with Gasteiger partial charge in [-0.15, -0.1) is 0 Å². The van der Waals surface area contributed by atoms with E-state index in [9.17, 15) is 14.4 Å². The summed E-state index contributed by atoms with van der Waals surface area (Å²) in [5.41, 5.74) is 1.33. The molecule has 0 bridgehead atoms. The zero-order valence-corrected chi connectivity index (χ0v) is 21.6. The molecule has 1 aliphatic rings. The second kappa shape index (κ2) is 10.8. The van der Waals surface area contributed by atoms with Crippen molar-refractivity contribution in [3.8, 4) is 11.5 Å². The van der Waals surface area contributed by atoms with Gasteiger partial charge in [-0.2, -0.15) is 0 Å². The summed E-state index contributed by atoms with van der Waals surface area (Å²) in [5, 5.41) is 0.457. The Labute approximate surface area is 213 Å². The Morgan fingerprint density at radius 2 is 1.94 bits per heavy atom. The van der Waals surface area contributed by atoms with Crippen molar-refractivity contribution in [2.45, 2.75) is 19.6 Å². The molecule has 0 aromatic heterocycles. The lowest BCUT2D eigenvalue weighted by Crippen LogP contribution is -2.42. The highest BCUT2D eigenvalue weighted by Gasteiger charge is 2.41. The lowest BCUT2D eigenvalue weighted by molar-refractivity contribution is -0.148. The minimum absolute atomic E-state index is 0.173. The molecule has 11 heteroatoms. The third-order valence-corrected chi connectivity index (χ3v) is 6.75. The first-order valence-corrected chi connectivity index (χ1v) is 11.8. The van der Waals surface area contributed by atoms with Crippen LogP contribution in [-0.2, 0) is 20.9 Å². The average molecular weight is 575 g/mol. The third kappa shape index (κ3) is 5.66. The van der Waals surface area contributed by atoms with Crippen molar-refractivity contribution in [2.75, 3.05) is 14.2 Å². The first kappa shape index (κ1) is 25.4. The van der Waals surface area contributed by atoms with Crippen LogP contribution in [0.15, 0.2) is 39.7 Å². The monoisotopic (exact) mass is 573 g/mol. The molecule has 33 heavy (non-hydrogen) atoms. The number of benzene rings is 2. The Morgan fingerprint density at radius 3 is 2.58 bits per heavy atom. The summed E-state index contributed by atoms with van der Waals surface area (Å²) in [7, 11) is 2.68. The van der Waals surface area contributed by atoms with E-state index in [0.717, 1.165) is 22.2 Å². The summed E-state index contributed by atoms with van der Waals surface area (Å²) in [4.78, 5) is 37.9. The first-order chi connectivity index (χ1) is 15.7. The van der Waals surface area contributed by atoms with E-state index in [1.807, 2.05) is 0 Å². The van der Waals surface area contributed by atoms with Crippen LogP contribution in [0.4, 0.5) is 4.79 Å². The molecule has 2 amide bonds. The molecule has 2 aromatic carbocycles. The minimum Gasteiger partial charge on any atom is -0.493 e. The van der Waals surface area contributed by atoms with Gasteiger partial charge in [0, 0.05) is 15.6 Å². The van der Waals surface area contributed by atoms with E-state index in [1.165, 1.54) is 21.1 Å². The largest absolute Gasteiger partial charge is 0.493 e.